The number of carboxylic acids is 1. The number of rotatable bonds is 3. The fraction of sp³-hybridized carbons (Fsp3) is 0. The number of anilines is 1. The quantitative estimate of drug-likeness (QED) is 0.642. The fourth-order valence-corrected chi connectivity index (χ4v) is 1.53. The summed E-state index contributed by atoms with van der Waals surface area (Å²) in [5.41, 5.74) is -0.904. The van der Waals surface area contributed by atoms with Gasteiger partial charge in [-0.25, -0.2) is 4.79 Å². The van der Waals surface area contributed by atoms with Crippen LogP contribution in [0.15, 0.2) is 35.4 Å². The second-order valence-corrected chi connectivity index (χ2v) is 3.80. The van der Waals surface area contributed by atoms with Gasteiger partial charge in [0.2, 0.25) is 0 Å². The van der Waals surface area contributed by atoms with Crippen molar-refractivity contribution in [2.45, 2.75) is 0 Å². The third-order valence-corrected chi connectivity index (χ3v) is 2.39. The van der Waals surface area contributed by atoms with Crippen molar-refractivity contribution < 1.29 is 19.8 Å². The van der Waals surface area contributed by atoms with Gasteiger partial charge in [-0.15, -0.1) is 0 Å². The molecule has 0 aliphatic heterocycles. The summed E-state index contributed by atoms with van der Waals surface area (Å²) in [6.45, 7) is 0. The first-order valence-electron chi connectivity index (χ1n) is 5.39. The summed E-state index contributed by atoms with van der Waals surface area (Å²) >= 11 is 0. The molecule has 0 atom stereocenters. The molecular formula is C12H9N3O5. The van der Waals surface area contributed by atoms with E-state index in [1.165, 1.54) is 18.5 Å². The molecule has 0 spiro atoms. The van der Waals surface area contributed by atoms with Crippen LogP contribution in [0.25, 0.3) is 0 Å². The SMILES string of the molecule is O=C(Nc1cnccc1C(=O)O)c1cc(O)[nH]c(=O)c1. The van der Waals surface area contributed by atoms with Crippen LogP contribution in [0.5, 0.6) is 5.88 Å². The molecule has 0 radical (unpaired) electrons. The number of aromatic hydroxyl groups is 1. The maximum atomic E-state index is 11.9. The van der Waals surface area contributed by atoms with Gasteiger partial charge in [-0.05, 0) is 6.07 Å². The minimum Gasteiger partial charge on any atom is -0.494 e. The summed E-state index contributed by atoms with van der Waals surface area (Å²) in [6.07, 6.45) is 2.45. The molecular weight excluding hydrogens is 266 g/mol. The highest BCUT2D eigenvalue weighted by molar-refractivity contribution is 6.07. The van der Waals surface area contributed by atoms with E-state index in [1.807, 2.05) is 0 Å². The Morgan fingerprint density at radius 3 is 2.70 bits per heavy atom. The number of carbonyl (C=O) groups excluding carboxylic acids is 1. The van der Waals surface area contributed by atoms with Gasteiger partial charge in [0.05, 0.1) is 23.0 Å². The predicted molar refractivity (Wildman–Crippen MR) is 67.9 cm³/mol. The first kappa shape index (κ1) is 13.3. The minimum atomic E-state index is -1.23. The summed E-state index contributed by atoms with van der Waals surface area (Å²) in [5.74, 6) is -2.43. The highest BCUT2D eigenvalue weighted by Gasteiger charge is 2.14. The number of nitrogens with one attached hydrogen (secondary N) is 2. The van der Waals surface area contributed by atoms with Crippen LogP contribution in [0.2, 0.25) is 0 Å². The number of aromatic carboxylic acids is 1. The molecule has 0 saturated heterocycles. The smallest absolute Gasteiger partial charge is 0.337 e. The van der Waals surface area contributed by atoms with Crippen LogP contribution >= 0.6 is 0 Å². The normalized spacial score (nSPS) is 10.0. The summed E-state index contributed by atoms with van der Waals surface area (Å²) in [5, 5.41) is 20.5. The van der Waals surface area contributed by atoms with E-state index >= 15 is 0 Å². The molecule has 8 heteroatoms. The Bertz CT molecular complexity index is 738. The van der Waals surface area contributed by atoms with Gasteiger partial charge in [-0.1, -0.05) is 0 Å². The second-order valence-electron chi connectivity index (χ2n) is 3.80. The van der Waals surface area contributed by atoms with Crippen molar-refractivity contribution in [3.63, 3.8) is 0 Å². The van der Waals surface area contributed by atoms with Gasteiger partial charge in [0.1, 0.15) is 0 Å². The molecule has 102 valence electrons. The molecule has 0 fully saturated rings. The van der Waals surface area contributed by atoms with Crippen LogP contribution in [0.4, 0.5) is 5.69 Å². The third kappa shape index (κ3) is 2.80. The van der Waals surface area contributed by atoms with Crippen LogP contribution in [-0.2, 0) is 0 Å². The van der Waals surface area contributed by atoms with E-state index in [4.69, 9.17) is 5.11 Å². The second kappa shape index (κ2) is 5.22. The number of carboxylic acid groups (broad SMARTS) is 1. The number of amides is 1. The number of hydrogen-bond donors (Lipinski definition) is 4. The average molecular weight is 275 g/mol. The van der Waals surface area contributed by atoms with Gasteiger partial charge in [0.25, 0.3) is 11.5 Å². The van der Waals surface area contributed by atoms with Gasteiger partial charge < -0.3 is 15.5 Å². The lowest BCUT2D eigenvalue weighted by Gasteiger charge is -2.07. The van der Waals surface area contributed by atoms with Crippen LogP contribution < -0.4 is 10.9 Å². The first-order valence-corrected chi connectivity index (χ1v) is 5.39. The zero-order chi connectivity index (χ0) is 14.7. The Hall–Kier alpha value is -3.16. The lowest BCUT2D eigenvalue weighted by Crippen LogP contribution is -2.17. The maximum absolute atomic E-state index is 11.9. The topological polar surface area (TPSA) is 132 Å². The molecule has 2 aromatic rings. The predicted octanol–water partition coefficient (Wildman–Crippen LogP) is 0.426. The van der Waals surface area contributed by atoms with Crippen LogP contribution in [0.1, 0.15) is 20.7 Å². The molecule has 0 bridgehead atoms. The van der Waals surface area contributed by atoms with E-state index in [1.54, 1.807) is 0 Å². The number of carbonyl (C=O) groups is 2. The molecule has 2 aromatic heterocycles. The van der Waals surface area contributed by atoms with Crippen LogP contribution in [0, 0.1) is 0 Å². The number of H-pyrrole nitrogens is 1. The van der Waals surface area contributed by atoms with Crippen molar-refractivity contribution in [1.29, 1.82) is 0 Å². The third-order valence-electron chi connectivity index (χ3n) is 2.39. The summed E-state index contributed by atoms with van der Waals surface area (Å²) in [7, 11) is 0. The van der Waals surface area contributed by atoms with Gasteiger partial charge in [0, 0.05) is 18.3 Å². The van der Waals surface area contributed by atoms with Crippen molar-refractivity contribution in [2.75, 3.05) is 5.32 Å². The number of hydrogen-bond acceptors (Lipinski definition) is 5. The Kier molecular flexibility index (Phi) is 3.47. The van der Waals surface area contributed by atoms with Crippen molar-refractivity contribution in [1.82, 2.24) is 9.97 Å². The molecule has 0 unspecified atom stereocenters. The van der Waals surface area contributed by atoms with Crippen molar-refractivity contribution in [2.24, 2.45) is 0 Å². The molecule has 1 amide bonds. The Labute approximate surface area is 111 Å². The fourth-order valence-electron chi connectivity index (χ4n) is 1.53. The van der Waals surface area contributed by atoms with Crippen molar-refractivity contribution in [3.8, 4) is 5.88 Å². The van der Waals surface area contributed by atoms with E-state index in [9.17, 15) is 19.5 Å². The van der Waals surface area contributed by atoms with Gasteiger partial charge in [-0.3, -0.25) is 19.6 Å². The molecule has 0 saturated carbocycles. The number of nitrogens with zero attached hydrogens (tertiary/aromatic N) is 1. The van der Waals surface area contributed by atoms with Gasteiger partial charge in [0.15, 0.2) is 5.88 Å². The number of aromatic amines is 1. The van der Waals surface area contributed by atoms with Crippen LogP contribution in [-0.4, -0.2) is 32.1 Å². The molecule has 0 aliphatic rings. The van der Waals surface area contributed by atoms with Crippen LogP contribution in [0.3, 0.4) is 0 Å². The lowest BCUT2D eigenvalue weighted by molar-refractivity contribution is 0.0698. The van der Waals surface area contributed by atoms with E-state index in [-0.39, 0.29) is 16.8 Å². The average Bonchev–Trinajstić information content (AvgIpc) is 2.37. The Morgan fingerprint density at radius 1 is 1.30 bits per heavy atom. The van der Waals surface area contributed by atoms with E-state index in [0.29, 0.717) is 0 Å². The van der Waals surface area contributed by atoms with Gasteiger partial charge in [-0.2, -0.15) is 0 Å². The van der Waals surface area contributed by atoms with Crippen molar-refractivity contribution >= 4 is 17.6 Å². The molecule has 0 aromatic carbocycles. The monoisotopic (exact) mass is 275 g/mol. The molecule has 2 heterocycles. The zero-order valence-corrected chi connectivity index (χ0v) is 9.95. The van der Waals surface area contributed by atoms with E-state index < -0.39 is 23.3 Å². The molecule has 4 N–H and O–H groups in total. The first-order chi connectivity index (χ1) is 9.47. The number of aromatic nitrogens is 2. The maximum Gasteiger partial charge on any atom is 0.337 e. The number of pyridine rings is 2. The van der Waals surface area contributed by atoms with E-state index in [0.717, 1.165) is 12.1 Å². The van der Waals surface area contributed by atoms with E-state index in [2.05, 4.69) is 15.3 Å². The molecule has 8 nitrogen and oxygen atoms in total. The summed E-state index contributed by atoms with van der Waals surface area (Å²) < 4.78 is 0. The lowest BCUT2D eigenvalue weighted by atomic mass is 10.2. The minimum absolute atomic E-state index is 0.00947. The highest BCUT2D eigenvalue weighted by atomic mass is 16.4. The summed E-state index contributed by atoms with van der Waals surface area (Å²) in [6, 6.07) is 3.26. The zero-order valence-electron chi connectivity index (χ0n) is 9.95. The molecule has 2 rings (SSSR count). The highest BCUT2D eigenvalue weighted by Crippen LogP contribution is 2.15. The molecule has 20 heavy (non-hydrogen) atoms. The molecule has 0 aliphatic carbocycles. The van der Waals surface area contributed by atoms with Crippen molar-refractivity contribution in [3.05, 3.63) is 52.1 Å². The Morgan fingerprint density at radius 2 is 2.05 bits per heavy atom. The standard InChI is InChI=1S/C12H9N3O5/c16-9-3-6(4-10(17)15-9)11(18)14-8-5-13-2-1-7(8)12(19)20/h1-5H,(H,14,18)(H,19,20)(H2,15,16,17). The summed E-state index contributed by atoms with van der Waals surface area (Å²) in [4.78, 5) is 39.8. The van der Waals surface area contributed by atoms with Gasteiger partial charge >= 0.3 is 5.97 Å². The Balaban J connectivity index is 2.33. The largest absolute Gasteiger partial charge is 0.494 e.